The Morgan fingerprint density at radius 1 is 1.13 bits per heavy atom. The van der Waals surface area contributed by atoms with Crippen molar-refractivity contribution >= 4 is 40.0 Å². The molecular formula is C22H39IN4O3S. The van der Waals surface area contributed by atoms with Crippen LogP contribution >= 0.6 is 24.0 Å². The molecule has 0 bridgehead atoms. The third kappa shape index (κ3) is 8.51. The normalized spacial score (nSPS) is 16.2. The van der Waals surface area contributed by atoms with Crippen molar-refractivity contribution in [2.75, 3.05) is 40.4 Å². The monoisotopic (exact) mass is 566 g/mol. The highest BCUT2D eigenvalue weighted by Gasteiger charge is 2.33. The molecule has 0 saturated heterocycles. The molecule has 0 heterocycles. The van der Waals surface area contributed by atoms with Gasteiger partial charge in [0.05, 0.1) is 11.4 Å². The first kappa shape index (κ1) is 28.1. The molecule has 1 aromatic carbocycles. The Hall–Kier alpha value is -0.910. The van der Waals surface area contributed by atoms with Crippen LogP contribution in [0.15, 0.2) is 34.2 Å². The number of ether oxygens (including phenoxy) is 1. The van der Waals surface area contributed by atoms with Crippen molar-refractivity contribution in [2.45, 2.75) is 57.4 Å². The minimum absolute atomic E-state index is 0. The average Bonchev–Trinajstić information content (AvgIpc) is 3.19. The zero-order valence-electron chi connectivity index (χ0n) is 19.3. The van der Waals surface area contributed by atoms with Gasteiger partial charge in [0.15, 0.2) is 5.96 Å². The first-order valence-electron chi connectivity index (χ1n) is 10.9. The van der Waals surface area contributed by atoms with Gasteiger partial charge in [0, 0.05) is 40.4 Å². The number of nitrogens with zero attached hydrogens (tertiary/aromatic N) is 2. The summed E-state index contributed by atoms with van der Waals surface area (Å²) in [5, 5.41) is 6.85. The van der Waals surface area contributed by atoms with E-state index >= 15 is 0 Å². The van der Waals surface area contributed by atoms with Crippen LogP contribution in [0.3, 0.4) is 0 Å². The fraction of sp³-hybridized carbons (Fsp3) is 0.682. The summed E-state index contributed by atoms with van der Waals surface area (Å²) in [4.78, 5) is 5.00. The summed E-state index contributed by atoms with van der Waals surface area (Å²) in [7, 11) is -0.335. The first-order chi connectivity index (χ1) is 14.3. The topological polar surface area (TPSA) is 83.0 Å². The molecule has 0 spiro atoms. The van der Waals surface area contributed by atoms with Crippen LogP contribution in [0.1, 0.15) is 51.5 Å². The van der Waals surface area contributed by atoms with Gasteiger partial charge in [-0.3, -0.25) is 0 Å². The number of benzene rings is 1. The number of aliphatic imine (C=N–C) groups is 1. The second-order valence-corrected chi connectivity index (χ2v) is 10.3. The van der Waals surface area contributed by atoms with Crippen LogP contribution in [-0.4, -0.2) is 59.1 Å². The number of halogens is 1. The Balaban J connectivity index is 0.00000480. The van der Waals surface area contributed by atoms with Crippen LogP contribution < -0.4 is 10.6 Å². The molecule has 7 nitrogen and oxygen atoms in total. The van der Waals surface area contributed by atoms with E-state index in [2.05, 4.69) is 17.6 Å². The summed E-state index contributed by atoms with van der Waals surface area (Å²) in [6.45, 7) is 7.85. The number of hydrogen-bond acceptors (Lipinski definition) is 4. The summed E-state index contributed by atoms with van der Waals surface area (Å²) >= 11 is 0. The van der Waals surface area contributed by atoms with E-state index in [0.29, 0.717) is 11.4 Å². The molecule has 178 valence electrons. The lowest BCUT2D eigenvalue weighted by Gasteiger charge is -2.30. The molecule has 2 rings (SSSR count). The molecule has 2 N–H and O–H groups in total. The van der Waals surface area contributed by atoms with Gasteiger partial charge in [0.2, 0.25) is 10.0 Å². The maximum Gasteiger partial charge on any atom is 0.242 e. The second kappa shape index (κ2) is 13.6. The van der Waals surface area contributed by atoms with Crippen molar-refractivity contribution in [3.63, 3.8) is 0 Å². The highest BCUT2D eigenvalue weighted by atomic mass is 127. The van der Waals surface area contributed by atoms with Gasteiger partial charge < -0.3 is 15.4 Å². The van der Waals surface area contributed by atoms with Crippen molar-refractivity contribution in [3.8, 4) is 0 Å². The maximum absolute atomic E-state index is 12.2. The molecule has 1 fully saturated rings. The van der Waals surface area contributed by atoms with E-state index in [0.717, 1.165) is 44.2 Å². The number of nitrogens with one attached hydrogen (secondary N) is 2. The van der Waals surface area contributed by atoms with E-state index in [9.17, 15) is 8.42 Å². The molecule has 0 aliphatic heterocycles. The zero-order chi connectivity index (χ0) is 22.0. The SMILES string of the molecule is CCNC(=NCc1ccc(S(=O)(=O)N(C)C)cc1)NCC1(CCOCC)CCCC1.I. The van der Waals surface area contributed by atoms with Crippen molar-refractivity contribution in [1.29, 1.82) is 0 Å². The number of guanidine groups is 1. The van der Waals surface area contributed by atoms with Crippen molar-refractivity contribution < 1.29 is 13.2 Å². The van der Waals surface area contributed by atoms with Crippen LogP contribution in [0.4, 0.5) is 0 Å². The highest BCUT2D eigenvalue weighted by molar-refractivity contribution is 14.0. The third-order valence-electron chi connectivity index (χ3n) is 5.74. The summed E-state index contributed by atoms with van der Waals surface area (Å²) in [6.07, 6.45) is 6.10. The van der Waals surface area contributed by atoms with Crippen LogP contribution in [0, 0.1) is 5.41 Å². The zero-order valence-corrected chi connectivity index (χ0v) is 22.5. The molecule has 1 aromatic rings. The second-order valence-electron chi connectivity index (χ2n) is 8.13. The fourth-order valence-corrected chi connectivity index (χ4v) is 4.74. The van der Waals surface area contributed by atoms with Gasteiger partial charge in [-0.1, -0.05) is 25.0 Å². The van der Waals surface area contributed by atoms with Gasteiger partial charge in [-0.15, -0.1) is 24.0 Å². The molecule has 0 radical (unpaired) electrons. The Labute approximate surface area is 205 Å². The first-order valence-corrected chi connectivity index (χ1v) is 12.4. The number of rotatable bonds is 11. The van der Waals surface area contributed by atoms with Gasteiger partial charge in [0.1, 0.15) is 0 Å². The standard InChI is InChI=1S/C22H38N4O3S.HI/c1-5-23-21(25-18-22(13-7-8-14-22)15-16-29-6-2)24-17-19-9-11-20(12-10-19)30(27,28)26(3)4;/h9-12H,5-8,13-18H2,1-4H3,(H2,23,24,25);1H. The Bertz CT molecular complexity index is 776. The number of hydrogen-bond donors (Lipinski definition) is 2. The predicted molar refractivity (Wildman–Crippen MR) is 138 cm³/mol. The van der Waals surface area contributed by atoms with E-state index in [-0.39, 0.29) is 29.4 Å². The summed E-state index contributed by atoms with van der Waals surface area (Å²) in [5.74, 6) is 0.796. The largest absolute Gasteiger partial charge is 0.382 e. The summed E-state index contributed by atoms with van der Waals surface area (Å²) < 4.78 is 31.2. The Morgan fingerprint density at radius 2 is 1.77 bits per heavy atom. The van der Waals surface area contributed by atoms with Gasteiger partial charge >= 0.3 is 0 Å². The van der Waals surface area contributed by atoms with Crippen molar-refractivity contribution in [2.24, 2.45) is 10.4 Å². The van der Waals surface area contributed by atoms with Crippen molar-refractivity contribution in [1.82, 2.24) is 14.9 Å². The summed E-state index contributed by atoms with van der Waals surface area (Å²) in [6, 6.07) is 6.93. The third-order valence-corrected chi connectivity index (χ3v) is 7.57. The Morgan fingerprint density at radius 3 is 2.32 bits per heavy atom. The molecule has 9 heteroatoms. The van der Waals surface area contributed by atoms with Gasteiger partial charge in [0.25, 0.3) is 0 Å². The minimum atomic E-state index is -3.41. The number of sulfonamides is 1. The van der Waals surface area contributed by atoms with Crippen LogP contribution in [-0.2, 0) is 21.3 Å². The molecule has 1 aliphatic rings. The van der Waals surface area contributed by atoms with E-state index in [1.165, 1.54) is 44.1 Å². The summed E-state index contributed by atoms with van der Waals surface area (Å²) in [5.41, 5.74) is 1.25. The molecule has 31 heavy (non-hydrogen) atoms. The minimum Gasteiger partial charge on any atom is -0.382 e. The lowest BCUT2D eigenvalue weighted by atomic mass is 9.83. The molecule has 1 aliphatic carbocycles. The Kier molecular flexibility index (Phi) is 12.3. The van der Waals surface area contributed by atoms with Gasteiger partial charge in [-0.25, -0.2) is 17.7 Å². The van der Waals surface area contributed by atoms with Gasteiger partial charge in [-0.05, 0) is 56.2 Å². The van der Waals surface area contributed by atoms with Crippen LogP contribution in [0.5, 0.6) is 0 Å². The molecule has 0 aromatic heterocycles. The van der Waals surface area contributed by atoms with E-state index in [4.69, 9.17) is 9.73 Å². The molecule has 0 amide bonds. The smallest absolute Gasteiger partial charge is 0.242 e. The molecular weight excluding hydrogens is 527 g/mol. The molecule has 1 saturated carbocycles. The highest BCUT2D eigenvalue weighted by Crippen LogP contribution is 2.40. The van der Waals surface area contributed by atoms with E-state index < -0.39 is 10.0 Å². The molecule has 0 atom stereocenters. The van der Waals surface area contributed by atoms with Crippen LogP contribution in [0.2, 0.25) is 0 Å². The van der Waals surface area contributed by atoms with E-state index in [1.807, 2.05) is 19.1 Å². The van der Waals surface area contributed by atoms with Crippen LogP contribution in [0.25, 0.3) is 0 Å². The van der Waals surface area contributed by atoms with E-state index in [1.54, 1.807) is 12.1 Å². The quantitative estimate of drug-likeness (QED) is 0.185. The average molecular weight is 567 g/mol. The predicted octanol–water partition coefficient (Wildman–Crippen LogP) is 3.60. The van der Waals surface area contributed by atoms with Crippen molar-refractivity contribution in [3.05, 3.63) is 29.8 Å². The maximum atomic E-state index is 12.2. The fourth-order valence-electron chi connectivity index (χ4n) is 3.83. The lowest BCUT2D eigenvalue weighted by Crippen LogP contribution is -2.43. The molecule has 0 unspecified atom stereocenters. The lowest BCUT2D eigenvalue weighted by molar-refractivity contribution is 0.105. The van der Waals surface area contributed by atoms with Gasteiger partial charge in [-0.2, -0.15) is 0 Å².